The fourth-order valence-corrected chi connectivity index (χ4v) is 4.23. The molecule has 140 valence electrons. The Labute approximate surface area is 154 Å². The van der Waals surface area contributed by atoms with Crippen LogP contribution in [0, 0.1) is 18.3 Å². The molecule has 1 saturated heterocycles. The van der Waals surface area contributed by atoms with E-state index in [1.54, 1.807) is 0 Å². The van der Waals surface area contributed by atoms with E-state index >= 15 is 0 Å². The summed E-state index contributed by atoms with van der Waals surface area (Å²) in [5, 5.41) is 3.30. The highest BCUT2D eigenvalue weighted by molar-refractivity contribution is 5.79. The lowest BCUT2D eigenvalue weighted by Gasteiger charge is -2.36. The molecule has 1 aromatic carbocycles. The van der Waals surface area contributed by atoms with Crippen LogP contribution in [-0.2, 0) is 11.3 Å². The molecule has 3 nitrogen and oxygen atoms in total. The second kappa shape index (κ2) is 7.90. The molecule has 25 heavy (non-hydrogen) atoms. The van der Waals surface area contributed by atoms with Crippen LogP contribution >= 0.6 is 0 Å². The Bertz CT molecular complexity index is 578. The van der Waals surface area contributed by atoms with Gasteiger partial charge < -0.3 is 5.32 Å². The molecule has 0 spiro atoms. The second-order valence-electron chi connectivity index (χ2n) is 9.65. The molecule has 1 fully saturated rings. The van der Waals surface area contributed by atoms with Crippen molar-refractivity contribution in [2.45, 2.75) is 72.9 Å². The van der Waals surface area contributed by atoms with Crippen LogP contribution < -0.4 is 5.32 Å². The van der Waals surface area contributed by atoms with Crippen LogP contribution in [0.1, 0.15) is 65.0 Å². The molecule has 0 saturated carbocycles. The molecule has 0 radical (unpaired) electrons. The third-order valence-electron chi connectivity index (χ3n) is 4.88. The standard InChI is InChI=1S/C22H36N2O/c1-17-8-7-9-18(14-17)15-24-12-10-19(11-13-24)20(25)23-22(5,6)16-21(2,3)4/h7-9,14,19H,10-13,15-16H2,1-6H3,(H,23,25). The van der Waals surface area contributed by atoms with Gasteiger partial charge >= 0.3 is 0 Å². The molecule has 0 bridgehead atoms. The number of aryl methyl sites for hydroxylation is 1. The molecule has 1 amide bonds. The smallest absolute Gasteiger partial charge is 0.223 e. The Morgan fingerprint density at radius 2 is 1.80 bits per heavy atom. The topological polar surface area (TPSA) is 32.3 Å². The fraction of sp³-hybridized carbons (Fsp3) is 0.682. The van der Waals surface area contributed by atoms with Gasteiger partial charge in [0.1, 0.15) is 0 Å². The summed E-state index contributed by atoms with van der Waals surface area (Å²) in [4.78, 5) is 15.2. The van der Waals surface area contributed by atoms with Crippen molar-refractivity contribution in [3.63, 3.8) is 0 Å². The SMILES string of the molecule is Cc1cccc(CN2CCC(C(=O)NC(C)(C)CC(C)(C)C)CC2)c1. The van der Waals surface area contributed by atoms with Crippen molar-refractivity contribution in [1.82, 2.24) is 10.2 Å². The van der Waals surface area contributed by atoms with Gasteiger partial charge in [0, 0.05) is 18.0 Å². The summed E-state index contributed by atoms with van der Waals surface area (Å²) < 4.78 is 0. The van der Waals surface area contributed by atoms with Gasteiger partial charge in [-0.3, -0.25) is 9.69 Å². The first-order valence-corrected chi connectivity index (χ1v) is 9.64. The monoisotopic (exact) mass is 344 g/mol. The van der Waals surface area contributed by atoms with Crippen LogP contribution in [0.4, 0.5) is 0 Å². The summed E-state index contributed by atoms with van der Waals surface area (Å²) in [5.74, 6) is 0.400. The Kier molecular flexibility index (Phi) is 6.31. The molecule has 3 heteroatoms. The number of benzene rings is 1. The third kappa shape index (κ3) is 6.81. The van der Waals surface area contributed by atoms with Crippen molar-refractivity contribution in [2.24, 2.45) is 11.3 Å². The maximum Gasteiger partial charge on any atom is 0.223 e. The molecular weight excluding hydrogens is 308 g/mol. The predicted molar refractivity (Wildman–Crippen MR) is 105 cm³/mol. The van der Waals surface area contributed by atoms with E-state index in [-0.39, 0.29) is 22.8 Å². The normalized spacial score (nSPS) is 17.5. The van der Waals surface area contributed by atoms with Crippen LogP contribution in [0.2, 0.25) is 0 Å². The van der Waals surface area contributed by atoms with E-state index in [2.05, 4.69) is 76.0 Å². The summed E-state index contributed by atoms with van der Waals surface area (Å²) in [5.41, 5.74) is 2.75. The van der Waals surface area contributed by atoms with E-state index in [1.807, 2.05) is 0 Å². The highest BCUT2D eigenvalue weighted by Gasteiger charge is 2.31. The van der Waals surface area contributed by atoms with Crippen LogP contribution in [0.25, 0.3) is 0 Å². The Morgan fingerprint density at radius 1 is 1.16 bits per heavy atom. The number of hydrogen-bond donors (Lipinski definition) is 1. The number of amides is 1. The quantitative estimate of drug-likeness (QED) is 0.850. The number of hydrogen-bond acceptors (Lipinski definition) is 2. The van der Waals surface area contributed by atoms with Crippen molar-refractivity contribution in [1.29, 1.82) is 0 Å². The zero-order valence-electron chi connectivity index (χ0n) is 17.0. The lowest BCUT2D eigenvalue weighted by molar-refractivity contribution is -0.128. The zero-order chi connectivity index (χ0) is 18.7. The molecule has 1 aliphatic rings. The lowest BCUT2D eigenvalue weighted by Crippen LogP contribution is -2.49. The van der Waals surface area contributed by atoms with Crippen molar-refractivity contribution >= 4 is 5.91 Å². The third-order valence-corrected chi connectivity index (χ3v) is 4.88. The van der Waals surface area contributed by atoms with Crippen LogP contribution in [0.15, 0.2) is 24.3 Å². The van der Waals surface area contributed by atoms with Gasteiger partial charge in [-0.15, -0.1) is 0 Å². The van der Waals surface area contributed by atoms with Crippen molar-refractivity contribution in [3.8, 4) is 0 Å². The number of likely N-dealkylation sites (tertiary alicyclic amines) is 1. The molecule has 0 aliphatic carbocycles. The highest BCUT2D eigenvalue weighted by Crippen LogP contribution is 2.28. The van der Waals surface area contributed by atoms with Gasteiger partial charge in [0.25, 0.3) is 0 Å². The van der Waals surface area contributed by atoms with Gasteiger partial charge in [-0.25, -0.2) is 0 Å². The molecular formula is C22H36N2O. The van der Waals surface area contributed by atoms with Gasteiger partial charge in [-0.1, -0.05) is 50.6 Å². The van der Waals surface area contributed by atoms with E-state index in [9.17, 15) is 4.79 Å². The summed E-state index contributed by atoms with van der Waals surface area (Å²) in [6, 6.07) is 8.72. The van der Waals surface area contributed by atoms with E-state index < -0.39 is 0 Å². The number of nitrogens with zero attached hydrogens (tertiary/aromatic N) is 1. The molecule has 1 N–H and O–H groups in total. The Morgan fingerprint density at radius 3 is 2.36 bits per heavy atom. The van der Waals surface area contributed by atoms with Crippen molar-refractivity contribution in [3.05, 3.63) is 35.4 Å². The maximum atomic E-state index is 12.7. The summed E-state index contributed by atoms with van der Waals surface area (Å²) >= 11 is 0. The number of rotatable bonds is 5. The molecule has 1 heterocycles. The summed E-state index contributed by atoms with van der Waals surface area (Å²) in [7, 11) is 0. The van der Waals surface area contributed by atoms with Gasteiger partial charge in [0.2, 0.25) is 5.91 Å². The minimum atomic E-state index is -0.145. The number of carbonyl (C=O) groups excluding carboxylic acids is 1. The summed E-state index contributed by atoms with van der Waals surface area (Å²) in [6.07, 6.45) is 2.91. The van der Waals surface area contributed by atoms with Gasteiger partial charge in [0.05, 0.1) is 0 Å². The Balaban J connectivity index is 1.82. The number of nitrogens with one attached hydrogen (secondary N) is 1. The van der Waals surface area contributed by atoms with Gasteiger partial charge in [-0.2, -0.15) is 0 Å². The molecule has 1 aromatic rings. The molecule has 2 rings (SSSR count). The first-order chi connectivity index (χ1) is 11.5. The van der Waals surface area contributed by atoms with E-state index in [4.69, 9.17) is 0 Å². The molecule has 1 aliphatic heterocycles. The largest absolute Gasteiger partial charge is 0.351 e. The first-order valence-electron chi connectivity index (χ1n) is 9.64. The van der Waals surface area contributed by atoms with Crippen molar-refractivity contribution in [2.75, 3.05) is 13.1 Å². The van der Waals surface area contributed by atoms with Crippen LogP contribution in [-0.4, -0.2) is 29.4 Å². The predicted octanol–water partition coefficient (Wildman–Crippen LogP) is 4.54. The zero-order valence-corrected chi connectivity index (χ0v) is 17.0. The molecule has 0 aromatic heterocycles. The average Bonchev–Trinajstić information content (AvgIpc) is 2.44. The Hall–Kier alpha value is -1.35. The van der Waals surface area contributed by atoms with E-state index in [0.29, 0.717) is 0 Å². The molecule has 0 atom stereocenters. The van der Waals surface area contributed by atoms with Crippen LogP contribution in [0.3, 0.4) is 0 Å². The van der Waals surface area contributed by atoms with Crippen LogP contribution in [0.5, 0.6) is 0 Å². The fourth-order valence-electron chi connectivity index (χ4n) is 4.23. The molecule has 0 unspecified atom stereocenters. The number of piperidine rings is 1. The minimum Gasteiger partial charge on any atom is -0.351 e. The maximum absolute atomic E-state index is 12.7. The van der Waals surface area contributed by atoms with Gasteiger partial charge in [0.15, 0.2) is 0 Å². The van der Waals surface area contributed by atoms with Crippen molar-refractivity contribution < 1.29 is 4.79 Å². The number of carbonyl (C=O) groups is 1. The lowest BCUT2D eigenvalue weighted by atomic mass is 9.81. The highest BCUT2D eigenvalue weighted by atomic mass is 16.2. The summed E-state index contributed by atoms with van der Waals surface area (Å²) in [6.45, 7) is 16.1. The van der Waals surface area contributed by atoms with E-state index in [0.717, 1.165) is 38.9 Å². The van der Waals surface area contributed by atoms with Gasteiger partial charge in [-0.05, 0) is 64.1 Å². The van der Waals surface area contributed by atoms with E-state index in [1.165, 1.54) is 11.1 Å². The minimum absolute atomic E-state index is 0.145. The second-order valence-corrected chi connectivity index (χ2v) is 9.65. The first kappa shape index (κ1) is 20.0. The average molecular weight is 345 g/mol.